The van der Waals surface area contributed by atoms with Gasteiger partial charge in [0.15, 0.2) is 5.25 Å². The maximum absolute atomic E-state index is 11.8. The van der Waals surface area contributed by atoms with Crippen LogP contribution >= 0.6 is 10.2 Å². The highest BCUT2D eigenvalue weighted by Gasteiger charge is 2.69. The summed E-state index contributed by atoms with van der Waals surface area (Å²) in [5, 5.41) is -3.09. The fourth-order valence-corrected chi connectivity index (χ4v) is 1.57. The van der Waals surface area contributed by atoms with E-state index in [9.17, 15) is 24.2 Å². The Labute approximate surface area is 66.7 Å². The Morgan fingerprint density at radius 1 is 1.25 bits per heavy atom. The average molecular weight is 212 g/mol. The first-order valence-electron chi connectivity index (χ1n) is 3.19. The van der Waals surface area contributed by atoms with Crippen LogP contribution in [-0.4, -0.2) is 11.5 Å². The first-order valence-corrected chi connectivity index (χ1v) is 5.21. The average Bonchev–Trinajstić information content (AvgIpc) is 1.76. The maximum atomic E-state index is 11.8. The lowest BCUT2D eigenvalue weighted by atomic mass is 10.3. The van der Waals surface area contributed by atoms with Gasteiger partial charge in [0.25, 0.3) is 10.2 Å². The van der Waals surface area contributed by atoms with Crippen molar-refractivity contribution in [2.45, 2.75) is 25.0 Å². The maximum Gasteiger partial charge on any atom is 0.294 e. The molecule has 76 valence electrons. The molecule has 0 aromatic heterocycles. The third kappa shape index (κ3) is 3.38. The summed E-state index contributed by atoms with van der Waals surface area (Å²) < 4.78 is 59.2. The standard InChI is InChI=1S/C5H9F5OS/c1-2-3-5(4-11)12(6,7,8,9)10/h4-5H,2-3H2,1H3. The van der Waals surface area contributed by atoms with Crippen molar-refractivity contribution in [1.82, 2.24) is 0 Å². The lowest BCUT2D eigenvalue weighted by Crippen LogP contribution is -2.26. The molecule has 1 unspecified atom stereocenters. The SMILES string of the molecule is CCCC(C=O)S(F)(F)(F)(F)F. The predicted molar refractivity (Wildman–Crippen MR) is 37.9 cm³/mol. The minimum Gasteiger partial charge on any atom is -0.302 e. The van der Waals surface area contributed by atoms with Gasteiger partial charge in [0, 0.05) is 0 Å². The van der Waals surface area contributed by atoms with Gasteiger partial charge in [-0.3, -0.25) is 0 Å². The van der Waals surface area contributed by atoms with E-state index in [1.807, 2.05) is 0 Å². The highest BCUT2D eigenvalue weighted by atomic mass is 32.5. The van der Waals surface area contributed by atoms with Crippen molar-refractivity contribution in [2.75, 3.05) is 0 Å². The van der Waals surface area contributed by atoms with Crippen LogP contribution in [-0.2, 0) is 4.79 Å². The number of hydrogen-bond acceptors (Lipinski definition) is 1. The van der Waals surface area contributed by atoms with Crippen molar-refractivity contribution in [1.29, 1.82) is 0 Å². The molecule has 1 atom stereocenters. The van der Waals surface area contributed by atoms with E-state index in [2.05, 4.69) is 0 Å². The van der Waals surface area contributed by atoms with Crippen LogP contribution in [0.3, 0.4) is 0 Å². The van der Waals surface area contributed by atoms with Gasteiger partial charge in [0.05, 0.1) is 0 Å². The highest BCUT2D eigenvalue weighted by molar-refractivity contribution is 8.46. The van der Waals surface area contributed by atoms with Gasteiger partial charge in [-0.25, -0.2) is 0 Å². The van der Waals surface area contributed by atoms with Gasteiger partial charge in [0.1, 0.15) is 6.29 Å². The molecule has 0 saturated carbocycles. The lowest BCUT2D eigenvalue weighted by molar-refractivity contribution is -0.108. The second-order valence-electron chi connectivity index (χ2n) is 2.49. The molecule has 0 aliphatic heterocycles. The molecule has 7 heteroatoms. The minimum atomic E-state index is -9.57. The van der Waals surface area contributed by atoms with Crippen LogP contribution < -0.4 is 0 Å². The Balaban J connectivity index is 4.86. The van der Waals surface area contributed by atoms with Gasteiger partial charge in [0.2, 0.25) is 0 Å². The van der Waals surface area contributed by atoms with Crippen molar-refractivity contribution in [3.8, 4) is 0 Å². The van der Waals surface area contributed by atoms with Crippen molar-refractivity contribution in [3.63, 3.8) is 0 Å². The molecule has 0 heterocycles. The number of halogens is 5. The molecule has 0 N–H and O–H groups in total. The number of rotatable bonds is 4. The van der Waals surface area contributed by atoms with Crippen LogP contribution in [0.5, 0.6) is 0 Å². The first kappa shape index (κ1) is 11.7. The zero-order chi connectivity index (χ0) is 10.1. The van der Waals surface area contributed by atoms with Crippen molar-refractivity contribution in [3.05, 3.63) is 0 Å². The smallest absolute Gasteiger partial charge is 0.294 e. The summed E-state index contributed by atoms with van der Waals surface area (Å²) >= 11 is 0. The van der Waals surface area contributed by atoms with Gasteiger partial charge in [-0.05, 0) is 6.42 Å². The summed E-state index contributed by atoms with van der Waals surface area (Å²) in [7, 11) is -9.57. The van der Waals surface area contributed by atoms with E-state index >= 15 is 0 Å². The molecule has 0 radical (unpaired) electrons. The third-order valence-electron chi connectivity index (χ3n) is 1.30. The number of carbonyl (C=O) groups excluding carboxylic acids is 1. The summed E-state index contributed by atoms with van der Waals surface area (Å²) in [6.07, 6.45) is -1.67. The fraction of sp³-hybridized carbons (Fsp3) is 0.800. The molecule has 0 aromatic carbocycles. The van der Waals surface area contributed by atoms with E-state index < -0.39 is 28.2 Å². The van der Waals surface area contributed by atoms with Crippen molar-refractivity contribution in [2.24, 2.45) is 0 Å². The van der Waals surface area contributed by atoms with Crippen molar-refractivity contribution >= 4 is 16.5 Å². The summed E-state index contributed by atoms with van der Waals surface area (Å²) in [6.45, 7) is 1.31. The van der Waals surface area contributed by atoms with Gasteiger partial charge >= 0.3 is 0 Å². The van der Waals surface area contributed by atoms with E-state index in [0.29, 0.717) is 0 Å². The largest absolute Gasteiger partial charge is 0.302 e. The number of carbonyl (C=O) groups is 1. The molecular formula is C5H9F5OS. The topological polar surface area (TPSA) is 17.1 Å². The zero-order valence-corrected chi connectivity index (χ0v) is 7.09. The molecule has 0 fully saturated rings. The van der Waals surface area contributed by atoms with Crippen LogP contribution in [0.1, 0.15) is 19.8 Å². The molecule has 0 aliphatic rings. The minimum absolute atomic E-state index is 0.102. The zero-order valence-electron chi connectivity index (χ0n) is 6.28. The summed E-state index contributed by atoms with van der Waals surface area (Å²) in [4.78, 5) is 9.78. The van der Waals surface area contributed by atoms with E-state index in [1.54, 1.807) is 0 Å². The van der Waals surface area contributed by atoms with Crippen LogP contribution in [0.4, 0.5) is 19.4 Å². The quantitative estimate of drug-likeness (QED) is 0.513. The summed E-state index contributed by atoms with van der Waals surface area (Å²) in [5.41, 5.74) is 0. The molecule has 0 spiro atoms. The summed E-state index contributed by atoms with van der Waals surface area (Å²) in [5.74, 6) is 0. The second-order valence-corrected chi connectivity index (χ2v) is 5.15. The van der Waals surface area contributed by atoms with Crippen LogP contribution in [0, 0.1) is 0 Å². The Bertz CT molecular complexity index is 181. The Morgan fingerprint density at radius 2 is 1.67 bits per heavy atom. The monoisotopic (exact) mass is 212 g/mol. The third-order valence-corrected chi connectivity index (χ3v) is 2.79. The predicted octanol–water partition coefficient (Wildman–Crippen LogP) is 3.65. The number of aldehydes is 1. The Morgan fingerprint density at radius 3 is 1.75 bits per heavy atom. The summed E-state index contributed by atoms with van der Waals surface area (Å²) in [6, 6.07) is 0. The second kappa shape index (κ2) is 2.34. The van der Waals surface area contributed by atoms with E-state index in [-0.39, 0.29) is 6.42 Å². The number of hydrogen-bond donors (Lipinski definition) is 0. The van der Waals surface area contributed by atoms with Gasteiger partial charge in [-0.1, -0.05) is 32.8 Å². The molecule has 0 rings (SSSR count). The lowest BCUT2D eigenvalue weighted by Gasteiger charge is -2.44. The van der Waals surface area contributed by atoms with Crippen LogP contribution in [0.25, 0.3) is 0 Å². The van der Waals surface area contributed by atoms with E-state index in [0.717, 1.165) is 0 Å². The van der Waals surface area contributed by atoms with Gasteiger partial charge in [-0.2, -0.15) is 0 Å². The van der Waals surface area contributed by atoms with Gasteiger partial charge < -0.3 is 4.79 Å². The van der Waals surface area contributed by atoms with E-state index in [4.69, 9.17) is 0 Å². The molecule has 0 amide bonds. The van der Waals surface area contributed by atoms with Crippen LogP contribution in [0.2, 0.25) is 0 Å². The molecule has 1 nitrogen and oxygen atoms in total. The Hall–Kier alpha value is -0.330. The molecule has 0 saturated heterocycles. The molecule has 0 bridgehead atoms. The van der Waals surface area contributed by atoms with E-state index in [1.165, 1.54) is 6.92 Å². The van der Waals surface area contributed by atoms with Gasteiger partial charge in [-0.15, -0.1) is 0 Å². The van der Waals surface area contributed by atoms with Crippen molar-refractivity contribution < 1.29 is 24.2 Å². The molecule has 0 aromatic rings. The molecule has 12 heavy (non-hydrogen) atoms. The highest BCUT2D eigenvalue weighted by Crippen LogP contribution is 3.00. The molecular weight excluding hydrogens is 203 g/mol. The first-order chi connectivity index (χ1) is 5.01. The molecule has 0 aliphatic carbocycles. The normalized spacial score (nSPS) is 20.8. The fourth-order valence-electron chi connectivity index (χ4n) is 0.680. The van der Waals surface area contributed by atoms with Crippen LogP contribution in [0.15, 0.2) is 0 Å². The Kier molecular flexibility index (Phi) is 2.27.